The molecule has 0 spiro atoms. The summed E-state index contributed by atoms with van der Waals surface area (Å²) in [6.45, 7) is 7.91. The summed E-state index contributed by atoms with van der Waals surface area (Å²) in [5, 5.41) is 9.93. The molecule has 1 saturated heterocycles. The zero-order chi connectivity index (χ0) is 23.5. The van der Waals surface area contributed by atoms with Gasteiger partial charge in [-0.3, -0.25) is 4.79 Å². The second-order valence-electron chi connectivity index (χ2n) is 9.15. The predicted molar refractivity (Wildman–Crippen MR) is 121 cm³/mol. The number of rotatable bonds is 7. The Bertz CT molecular complexity index is 925. The van der Waals surface area contributed by atoms with Crippen molar-refractivity contribution in [3.05, 3.63) is 59.2 Å². The molecule has 174 valence electrons. The summed E-state index contributed by atoms with van der Waals surface area (Å²) < 4.78 is 43.6. The number of likely N-dealkylation sites (N-methyl/N-ethyl adjacent to an activating group) is 1. The van der Waals surface area contributed by atoms with Crippen LogP contribution in [0.2, 0.25) is 0 Å². The third kappa shape index (κ3) is 5.52. The van der Waals surface area contributed by atoms with Crippen LogP contribution in [-0.4, -0.2) is 35.6 Å². The lowest BCUT2D eigenvalue weighted by atomic mass is 9.78. The van der Waals surface area contributed by atoms with Crippen molar-refractivity contribution < 1.29 is 23.1 Å². The number of carboxylic acid groups (broad SMARTS) is 1. The first-order chi connectivity index (χ1) is 15.1. The van der Waals surface area contributed by atoms with Gasteiger partial charge in [-0.05, 0) is 72.5 Å². The molecule has 0 bridgehead atoms. The lowest BCUT2D eigenvalue weighted by Crippen LogP contribution is -2.35. The summed E-state index contributed by atoms with van der Waals surface area (Å²) >= 11 is 0. The summed E-state index contributed by atoms with van der Waals surface area (Å²) in [4.78, 5) is 14.3. The zero-order valence-electron chi connectivity index (χ0n) is 19.0. The average Bonchev–Trinajstić information content (AvgIpc) is 2.76. The molecule has 2 unspecified atom stereocenters. The number of alkyl halides is 3. The molecule has 2 atom stereocenters. The Morgan fingerprint density at radius 3 is 2.41 bits per heavy atom. The molecule has 6 heteroatoms. The van der Waals surface area contributed by atoms with Crippen molar-refractivity contribution in [3.63, 3.8) is 0 Å². The van der Waals surface area contributed by atoms with Gasteiger partial charge in [-0.1, -0.05) is 57.2 Å². The van der Waals surface area contributed by atoms with Crippen molar-refractivity contribution in [1.82, 2.24) is 4.90 Å². The molecule has 2 aromatic rings. The van der Waals surface area contributed by atoms with Gasteiger partial charge in [0, 0.05) is 6.54 Å². The van der Waals surface area contributed by atoms with E-state index in [4.69, 9.17) is 0 Å². The number of likely N-dealkylation sites (tertiary alicyclic amines) is 1. The van der Waals surface area contributed by atoms with Gasteiger partial charge < -0.3 is 10.0 Å². The van der Waals surface area contributed by atoms with Crippen LogP contribution in [0.5, 0.6) is 0 Å². The summed E-state index contributed by atoms with van der Waals surface area (Å²) in [6, 6.07) is 12.4. The predicted octanol–water partition coefficient (Wildman–Crippen LogP) is 6.79. The topological polar surface area (TPSA) is 40.5 Å². The van der Waals surface area contributed by atoms with Gasteiger partial charge in [0.1, 0.15) is 0 Å². The van der Waals surface area contributed by atoms with Crippen LogP contribution in [0.3, 0.4) is 0 Å². The van der Waals surface area contributed by atoms with E-state index in [1.807, 2.05) is 51.1 Å². The molecule has 0 radical (unpaired) electrons. The van der Waals surface area contributed by atoms with Crippen LogP contribution in [0, 0.1) is 5.92 Å². The van der Waals surface area contributed by atoms with Gasteiger partial charge in [-0.2, -0.15) is 13.2 Å². The van der Waals surface area contributed by atoms with Crippen molar-refractivity contribution >= 4 is 5.97 Å². The number of hydrogen-bond acceptors (Lipinski definition) is 2. The summed E-state index contributed by atoms with van der Waals surface area (Å²) in [6.07, 6.45) is -2.98. The average molecular weight is 448 g/mol. The fraction of sp³-hybridized carbons (Fsp3) is 0.500. The Hall–Kier alpha value is -2.34. The fourth-order valence-corrected chi connectivity index (χ4v) is 4.84. The molecule has 32 heavy (non-hydrogen) atoms. The smallest absolute Gasteiger partial charge is 0.416 e. The quantitative estimate of drug-likeness (QED) is 0.508. The van der Waals surface area contributed by atoms with E-state index in [0.717, 1.165) is 25.1 Å². The molecular formula is C26H32F3NO2. The molecule has 3 nitrogen and oxygen atoms in total. The monoisotopic (exact) mass is 447 g/mol. The van der Waals surface area contributed by atoms with Crippen molar-refractivity contribution in [2.75, 3.05) is 19.6 Å². The molecule has 1 aliphatic rings. The number of halogens is 3. The van der Waals surface area contributed by atoms with Gasteiger partial charge >= 0.3 is 12.1 Å². The first-order valence-electron chi connectivity index (χ1n) is 11.4. The Balaban J connectivity index is 2.28. The minimum absolute atomic E-state index is 0.0497. The lowest BCUT2D eigenvalue weighted by Gasteiger charge is -2.34. The molecule has 3 rings (SSSR count). The number of piperidine rings is 1. The Morgan fingerprint density at radius 2 is 1.84 bits per heavy atom. The highest BCUT2D eigenvalue weighted by Gasteiger charge is 2.42. The van der Waals surface area contributed by atoms with Crippen LogP contribution in [0.1, 0.15) is 68.6 Å². The third-order valence-electron chi connectivity index (χ3n) is 6.36. The maximum Gasteiger partial charge on any atom is 0.416 e. The van der Waals surface area contributed by atoms with Crippen molar-refractivity contribution in [2.45, 2.75) is 58.0 Å². The van der Waals surface area contributed by atoms with Crippen LogP contribution in [0.4, 0.5) is 13.2 Å². The van der Waals surface area contributed by atoms with Crippen molar-refractivity contribution in [3.8, 4) is 11.1 Å². The normalized spacial score (nSPS) is 18.7. The standard InChI is InChI=1S/C26H32F3NO2/c1-4-30-12-8-11-19(16-30)21-14-20(18-9-6-5-7-10-18)15-22(24(21)26(27,28)29)23(25(31)32)13-17(2)3/h5-7,9-10,14-15,17,19,23H,4,8,11-13,16H2,1-3H3,(H,31,32). The van der Waals surface area contributed by atoms with Crippen LogP contribution in [0.15, 0.2) is 42.5 Å². The number of aliphatic carboxylic acids is 1. The molecule has 0 aromatic heterocycles. The molecule has 2 aromatic carbocycles. The maximum absolute atomic E-state index is 14.5. The maximum atomic E-state index is 14.5. The van der Waals surface area contributed by atoms with Crippen molar-refractivity contribution in [1.29, 1.82) is 0 Å². The first kappa shape index (κ1) is 24.3. The Labute approximate surface area is 188 Å². The zero-order valence-corrected chi connectivity index (χ0v) is 19.0. The number of carboxylic acids is 1. The van der Waals surface area contributed by atoms with E-state index >= 15 is 0 Å². The van der Waals surface area contributed by atoms with Crippen LogP contribution < -0.4 is 0 Å². The molecule has 1 aliphatic heterocycles. The van der Waals surface area contributed by atoms with Gasteiger partial charge in [0.25, 0.3) is 0 Å². The highest BCUT2D eigenvalue weighted by atomic mass is 19.4. The molecule has 1 heterocycles. The molecule has 0 aliphatic carbocycles. The molecule has 0 amide bonds. The Kier molecular flexibility index (Phi) is 7.65. The number of nitrogens with zero attached hydrogens (tertiary/aromatic N) is 1. The largest absolute Gasteiger partial charge is 0.481 e. The molecule has 1 N–H and O–H groups in total. The van der Waals surface area contributed by atoms with E-state index in [0.29, 0.717) is 18.5 Å². The minimum Gasteiger partial charge on any atom is -0.481 e. The van der Waals surface area contributed by atoms with Gasteiger partial charge in [-0.25, -0.2) is 0 Å². The Morgan fingerprint density at radius 1 is 1.16 bits per heavy atom. The first-order valence-corrected chi connectivity index (χ1v) is 11.4. The van der Waals surface area contributed by atoms with E-state index in [9.17, 15) is 23.1 Å². The van der Waals surface area contributed by atoms with Gasteiger partial charge in [0.05, 0.1) is 11.5 Å². The summed E-state index contributed by atoms with van der Waals surface area (Å²) in [5.41, 5.74) is 0.826. The van der Waals surface area contributed by atoms with E-state index in [2.05, 4.69) is 4.90 Å². The van der Waals surface area contributed by atoms with E-state index < -0.39 is 23.6 Å². The number of carbonyl (C=O) groups is 1. The minimum atomic E-state index is -4.63. The lowest BCUT2D eigenvalue weighted by molar-refractivity contribution is -0.142. The van der Waals surface area contributed by atoms with Crippen molar-refractivity contribution in [2.24, 2.45) is 5.92 Å². The fourth-order valence-electron chi connectivity index (χ4n) is 4.84. The molecule has 1 fully saturated rings. The van der Waals surface area contributed by atoms with Gasteiger partial charge in [0.2, 0.25) is 0 Å². The third-order valence-corrected chi connectivity index (χ3v) is 6.36. The highest BCUT2D eigenvalue weighted by Crippen LogP contribution is 2.45. The number of hydrogen-bond donors (Lipinski definition) is 1. The van der Waals surface area contributed by atoms with Crippen LogP contribution >= 0.6 is 0 Å². The molecular weight excluding hydrogens is 415 g/mol. The van der Waals surface area contributed by atoms with Crippen LogP contribution in [0.25, 0.3) is 11.1 Å². The van der Waals surface area contributed by atoms with E-state index in [1.54, 1.807) is 6.07 Å². The molecule has 0 saturated carbocycles. The number of benzene rings is 2. The SMILES string of the molecule is CCN1CCCC(c2cc(-c3ccccc3)cc(C(CC(C)C)C(=O)O)c2C(F)(F)F)C1. The second-order valence-corrected chi connectivity index (χ2v) is 9.15. The van der Waals surface area contributed by atoms with Crippen LogP contribution in [-0.2, 0) is 11.0 Å². The van der Waals surface area contributed by atoms with E-state index in [1.165, 1.54) is 6.07 Å². The van der Waals surface area contributed by atoms with Gasteiger partial charge in [0.15, 0.2) is 0 Å². The van der Waals surface area contributed by atoms with Gasteiger partial charge in [-0.15, -0.1) is 0 Å². The second kappa shape index (κ2) is 10.1. The summed E-state index contributed by atoms with van der Waals surface area (Å²) in [5.74, 6) is -2.75. The highest BCUT2D eigenvalue weighted by molar-refractivity contribution is 5.79. The summed E-state index contributed by atoms with van der Waals surface area (Å²) in [7, 11) is 0. The van der Waals surface area contributed by atoms with E-state index in [-0.39, 0.29) is 29.4 Å².